The summed E-state index contributed by atoms with van der Waals surface area (Å²) in [5.74, 6) is 0.581. The van der Waals surface area contributed by atoms with Gasteiger partial charge in [-0.25, -0.2) is 4.79 Å². The molecule has 1 aliphatic rings. The van der Waals surface area contributed by atoms with Crippen molar-refractivity contribution < 1.29 is 14.3 Å². The summed E-state index contributed by atoms with van der Waals surface area (Å²) in [6, 6.07) is 15.1. The molecule has 0 spiro atoms. The van der Waals surface area contributed by atoms with E-state index in [1.165, 1.54) is 6.92 Å². The van der Waals surface area contributed by atoms with Gasteiger partial charge >= 0.3 is 6.03 Å². The Hall–Kier alpha value is -3.22. The third-order valence-electron chi connectivity index (χ3n) is 4.53. The van der Waals surface area contributed by atoms with Crippen molar-refractivity contribution in [2.75, 3.05) is 48.3 Å². The van der Waals surface area contributed by atoms with Crippen molar-refractivity contribution in [1.82, 2.24) is 4.90 Å². The van der Waals surface area contributed by atoms with E-state index in [9.17, 15) is 9.59 Å². The number of carbonyl (C=O) groups excluding carboxylic acids is 2. The van der Waals surface area contributed by atoms with Crippen molar-refractivity contribution in [1.29, 1.82) is 0 Å². The Balaban J connectivity index is 1.58. The van der Waals surface area contributed by atoms with Crippen LogP contribution in [0.2, 0.25) is 0 Å². The molecule has 0 bridgehead atoms. The third-order valence-corrected chi connectivity index (χ3v) is 4.53. The second-order valence-electron chi connectivity index (χ2n) is 6.56. The second kappa shape index (κ2) is 9.12. The summed E-state index contributed by atoms with van der Waals surface area (Å²) in [5.41, 5.74) is 2.49. The van der Waals surface area contributed by atoms with Crippen molar-refractivity contribution in [2.45, 2.75) is 13.8 Å². The van der Waals surface area contributed by atoms with Gasteiger partial charge < -0.3 is 25.2 Å². The van der Waals surface area contributed by atoms with Crippen LogP contribution in [0, 0.1) is 0 Å². The van der Waals surface area contributed by atoms with Crippen LogP contribution < -0.4 is 20.3 Å². The van der Waals surface area contributed by atoms with E-state index in [0.29, 0.717) is 31.1 Å². The van der Waals surface area contributed by atoms with E-state index in [4.69, 9.17) is 4.74 Å². The highest BCUT2D eigenvalue weighted by Crippen LogP contribution is 2.25. The van der Waals surface area contributed by atoms with Crippen molar-refractivity contribution >= 4 is 29.0 Å². The summed E-state index contributed by atoms with van der Waals surface area (Å²) in [4.78, 5) is 27.9. The highest BCUT2D eigenvalue weighted by Gasteiger charge is 2.22. The van der Waals surface area contributed by atoms with E-state index in [1.807, 2.05) is 55.5 Å². The molecule has 1 aliphatic heterocycles. The van der Waals surface area contributed by atoms with Crippen LogP contribution in [0.15, 0.2) is 48.5 Å². The standard InChI is InChI=1S/C21H26N4O3/c1-3-28-20-10-5-4-9-19(20)23-21(27)25-13-11-24(12-14-25)18-8-6-7-17(15-18)22-16(2)26/h4-10,15H,3,11-14H2,1-2H3,(H,22,26)(H,23,27). The summed E-state index contributed by atoms with van der Waals surface area (Å²) >= 11 is 0. The number of nitrogens with zero attached hydrogens (tertiary/aromatic N) is 2. The molecule has 3 rings (SSSR count). The number of benzene rings is 2. The van der Waals surface area contributed by atoms with Crippen LogP contribution in [-0.2, 0) is 4.79 Å². The maximum absolute atomic E-state index is 12.6. The van der Waals surface area contributed by atoms with Gasteiger partial charge in [0.25, 0.3) is 0 Å². The van der Waals surface area contributed by atoms with Gasteiger partial charge in [0.1, 0.15) is 5.75 Å². The third kappa shape index (κ3) is 4.94. The minimum Gasteiger partial charge on any atom is -0.492 e. The molecule has 1 fully saturated rings. The number of para-hydroxylation sites is 2. The fraction of sp³-hybridized carbons (Fsp3) is 0.333. The predicted molar refractivity (Wildman–Crippen MR) is 111 cm³/mol. The fourth-order valence-electron chi connectivity index (χ4n) is 3.20. The minimum absolute atomic E-state index is 0.0917. The Morgan fingerprint density at radius 1 is 1.00 bits per heavy atom. The molecule has 0 aromatic heterocycles. The minimum atomic E-state index is -0.126. The number of hydrogen-bond donors (Lipinski definition) is 2. The van der Waals surface area contributed by atoms with E-state index in [1.54, 1.807) is 4.90 Å². The summed E-state index contributed by atoms with van der Waals surface area (Å²) in [6.45, 7) is 6.64. The molecule has 1 heterocycles. The van der Waals surface area contributed by atoms with Crippen molar-refractivity contribution in [3.63, 3.8) is 0 Å². The molecule has 0 atom stereocenters. The molecule has 0 saturated carbocycles. The SMILES string of the molecule is CCOc1ccccc1NC(=O)N1CCN(c2cccc(NC(C)=O)c2)CC1. The van der Waals surface area contributed by atoms with Crippen LogP contribution in [0.4, 0.5) is 21.9 Å². The Morgan fingerprint density at radius 3 is 2.46 bits per heavy atom. The van der Waals surface area contributed by atoms with E-state index >= 15 is 0 Å². The molecular weight excluding hydrogens is 356 g/mol. The molecule has 2 aromatic carbocycles. The first-order valence-electron chi connectivity index (χ1n) is 9.47. The largest absolute Gasteiger partial charge is 0.492 e. The van der Waals surface area contributed by atoms with E-state index < -0.39 is 0 Å². The van der Waals surface area contributed by atoms with Crippen LogP contribution in [0.25, 0.3) is 0 Å². The average Bonchev–Trinajstić information content (AvgIpc) is 2.69. The van der Waals surface area contributed by atoms with Crippen LogP contribution >= 0.6 is 0 Å². The first kappa shape index (κ1) is 19.5. The lowest BCUT2D eigenvalue weighted by molar-refractivity contribution is -0.114. The van der Waals surface area contributed by atoms with Crippen LogP contribution in [0.3, 0.4) is 0 Å². The molecular formula is C21H26N4O3. The first-order valence-corrected chi connectivity index (χ1v) is 9.47. The van der Waals surface area contributed by atoms with Gasteiger partial charge in [0.2, 0.25) is 5.91 Å². The molecule has 148 valence electrons. The maximum Gasteiger partial charge on any atom is 0.322 e. The Kier molecular flexibility index (Phi) is 6.37. The molecule has 0 unspecified atom stereocenters. The average molecular weight is 382 g/mol. The zero-order valence-corrected chi connectivity index (χ0v) is 16.3. The van der Waals surface area contributed by atoms with Crippen LogP contribution in [-0.4, -0.2) is 49.6 Å². The first-order chi connectivity index (χ1) is 13.6. The fourth-order valence-corrected chi connectivity index (χ4v) is 3.20. The second-order valence-corrected chi connectivity index (χ2v) is 6.56. The topological polar surface area (TPSA) is 73.9 Å². The summed E-state index contributed by atoms with van der Waals surface area (Å²) in [6.07, 6.45) is 0. The van der Waals surface area contributed by atoms with Gasteiger partial charge in [-0.2, -0.15) is 0 Å². The van der Waals surface area contributed by atoms with E-state index in [2.05, 4.69) is 15.5 Å². The Labute approximate surface area is 165 Å². The Morgan fingerprint density at radius 2 is 1.75 bits per heavy atom. The number of carbonyl (C=O) groups is 2. The van der Waals surface area contributed by atoms with Gasteiger partial charge in [0, 0.05) is 44.5 Å². The van der Waals surface area contributed by atoms with Gasteiger partial charge in [0.15, 0.2) is 0 Å². The number of amides is 3. The molecule has 2 aromatic rings. The van der Waals surface area contributed by atoms with Gasteiger partial charge in [-0.1, -0.05) is 18.2 Å². The molecule has 2 N–H and O–H groups in total. The number of nitrogens with one attached hydrogen (secondary N) is 2. The maximum atomic E-state index is 12.6. The lowest BCUT2D eigenvalue weighted by atomic mass is 10.2. The number of ether oxygens (including phenoxy) is 1. The lowest BCUT2D eigenvalue weighted by Crippen LogP contribution is -2.50. The normalized spacial score (nSPS) is 13.8. The zero-order valence-electron chi connectivity index (χ0n) is 16.3. The van der Waals surface area contributed by atoms with Gasteiger partial charge in [-0.15, -0.1) is 0 Å². The number of anilines is 3. The zero-order chi connectivity index (χ0) is 19.9. The number of rotatable bonds is 5. The molecule has 7 nitrogen and oxygen atoms in total. The number of piperazine rings is 1. The molecule has 7 heteroatoms. The van der Waals surface area contributed by atoms with E-state index in [0.717, 1.165) is 24.5 Å². The molecule has 0 aliphatic carbocycles. The lowest BCUT2D eigenvalue weighted by Gasteiger charge is -2.36. The van der Waals surface area contributed by atoms with Crippen LogP contribution in [0.1, 0.15) is 13.8 Å². The highest BCUT2D eigenvalue weighted by molar-refractivity contribution is 5.91. The monoisotopic (exact) mass is 382 g/mol. The molecule has 0 radical (unpaired) electrons. The molecule has 3 amide bonds. The summed E-state index contributed by atoms with van der Waals surface area (Å²) in [7, 11) is 0. The van der Waals surface area contributed by atoms with Gasteiger partial charge in [-0.05, 0) is 37.3 Å². The quantitative estimate of drug-likeness (QED) is 0.831. The summed E-state index contributed by atoms with van der Waals surface area (Å²) < 4.78 is 5.57. The van der Waals surface area contributed by atoms with Crippen molar-refractivity contribution in [3.8, 4) is 5.75 Å². The van der Waals surface area contributed by atoms with Gasteiger partial charge in [0.05, 0.1) is 12.3 Å². The predicted octanol–water partition coefficient (Wildman–Crippen LogP) is 3.40. The van der Waals surface area contributed by atoms with Crippen molar-refractivity contribution in [3.05, 3.63) is 48.5 Å². The van der Waals surface area contributed by atoms with Crippen molar-refractivity contribution in [2.24, 2.45) is 0 Å². The Bertz CT molecular complexity index is 832. The summed E-state index contributed by atoms with van der Waals surface area (Å²) in [5, 5.41) is 5.75. The van der Waals surface area contributed by atoms with Crippen LogP contribution in [0.5, 0.6) is 5.75 Å². The number of urea groups is 1. The molecule has 28 heavy (non-hydrogen) atoms. The number of hydrogen-bond acceptors (Lipinski definition) is 4. The van der Waals surface area contributed by atoms with E-state index in [-0.39, 0.29) is 11.9 Å². The van der Waals surface area contributed by atoms with Gasteiger partial charge in [-0.3, -0.25) is 4.79 Å². The molecule has 1 saturated heterocycles. The highest BCUT2D eigenvalue weighted by atomic mass is 16.5. The smallest absolute Gasteiger partial charge is 0.322 e.